The van der Waals surface area contributed by atoms with E-state index in [9.17, 15) is 0 Å². The number of hydrogen-bond acceptors (Lipinski definition) is 6. The minimum absolute atomic E-state index is 0.302. The average Bonchev–Trinajstić information content (AvgIpc) is 3.12. The number of nitrogens with zero attached hydrogens (tertiary/aromatic N) is 3. The highest BCUT2D eigenvalue weighted by atomic mass is 35.5. The molecule has 2 aliphatic heterocycles. The molecule has 4 rings (SSSR count). The smallest absolute Gasteiger partial charge is 0.185 e. The van der Waals surface area contributed by atoms with E-state index < -0.39 is 0 Å². The first kappa shape index (κ1) is 17.2. The molecule has 134 valence electrons. The SMILES string of the molecule is Clc1ccccc1C1CNCCN1Cc1cnc(N2CCOCC2)s1. The van der Waals surface area contributed by atoms with Crippen LogP contribution in [0, 0.1) is 0 Å². The molecule has 0 aliphatic carbocycles. The lowest BCUT2D eigenvalue weighted by molar-refractivity contribution is 0.122. The monoisotopic (exact) mass is 378 g/mol. The van der Waals surface area contributed by atoms with Gasteiger partial charge in [-0.25, -0.2) is 4.98 Å². The number of aromatic nitrogens is 1. The summed E-state index contributed by atoms with van der Waals surface area (Å²) in [5, 5.41) is 5.46. The molecule has 3 heterocycles. The minimum atomic E-state index is 0.302. The van der Waals surface area contributed by atoms with Crippen molar-refractivity contribution in [1.82, 2.24) is 15.2 Å². The van der Waals surface area contributed by atoms with Gasteiger partial charge in [-0.3, -0.25) is 4.90 Å². The van der Waals surface area contributed by atoms with Gasteiger partial charge in [0, 0.05) is 61.4 Å². The third-order valence-corrected chi connectivity index (χ3v) is 6.19. The summed E-state index contributed by atoms with van der Waals surface area (Å²) in [5.41, 5.74) is 1.20. The summed E-state index contributed by atoms with van der Waals surface area (Å²) in [7, 11) is 0. The van der Waals surface area contributed by atoms with Crippen molar-refractivity contribution in [2.75, 3.05) is 50.8 Å². The fourth-order valence-corrected chi connectivity index (χ4v) is 4.71. The molecule has 0 radical (unpaired) electrons. The molecule has 2 aliphatic rings. The van der Waals surface area contributed by atoms with Crippen LogP contribution in [0.3, 0.4) is 0 Å². The molecule has 1 N–H and O–H groups in total. The van der Waals surface area contributed by atoms with E-state index in [2.05, 4.69) is 32.2 Å². The van der Waals surface area contributed by atoms with Gasteiger partial charge in [0.2, 0.25) is 0 Å². The third-order valence-electron chi connectivity index (χ3n) is 4.80. The molecule has 7 heteroatoms. The number of halogens is 1. The average molecular weight is 379 g/mol. The quantitative estimate of drug-likeness (QED) is 0.885. The Kier molecular flexibility index (Phi) is 5.53. The summed E-state index contributed by atoms with van der Waals surface area (Å²) in [6.45, 7) is 7.32. The summed E-state index contributed by atoms with van der Waals surface area (Å²) in [5.74, 6) is 0. The number of benzene rings is 1. The van der Waals surface area contributed by atoms with E-state index in [-0.39, 0.29) is 0 Å². The van der Waals surface area contributed by atoms with E-state index in [0.717, 1.165) is 62.6 Å². The van der Waals surface area contributed by atoms with Gasteiger partial charge in [0.15, 0.2) is 5.13 Å². The second kappa shape index (κ2) is 8.01. The minimum Gasteiger partial charge on any atom is -0.378 e. The zero-order valence-electron chi connectivity index (χ0n) is 14.2. The highest BCUT2D eigenvalue weighted by molar-refractivity contribution is 7.15. The first-order valence-corrected chi connectivity index (χ1v) is 9.97. The van der Waals surface area contributed by atoms with Crippen LogP contribution in [0.4, 0.5) is 5.13 Å². The van der Waals surface area contributed by atoms with Crippen LogP contribution in [-0.2, 0) is 11.3 Å². The molecule has 2 saturated heterocycles. The molecular weight excluding hydrogens is 356 g/mol. The molecule has 0 saturated carbocycles. The molecule has 2 fully saturated rings. The van der Waals surface area contributed by atoms with E-state index in [1.807, 2.05) is 18.3 Å². The Bertz CT molecular complexity index is 704. The number of thiazole rings is 1. The van der Waals surface area contributed by atoms with Gasteiger partial charge in [0.05, 0.1) is 13.2 Å². The van der Waals surface area contributed by atoms with Crippen LogP contribution in [0.1, 0.15) is 16.5 Å². The predicted molar refractivity (Wildman–Crippen MR) is 103 cm³/mol. The van der Waals surface area contributed by atoms with Crippen molar-refractivity contribution in [3.8, 4) is 0 Å². The van der Waals surface area contributed by atoms with Gasteiger partial charge in [-0.2, -0.15) is 0 Å². The van der Waals surface area contributed by atoms with Crippen molar-refractivity contribution in [3.05, 3.63) is 45.9 Å². The second-order valence-corrected chi connectivity index (χ2v) is 7.92. The number of morpholine rings is 1. The summed E-state index contributed by atoms with van der Waals surface area (Å²) in [4.78, 5) is 10.8. The van der Waals surface area contributed by atoms with Crippen LogP contribution >= 0.6 is 22.9 Å². The molecule has 5 nitrogen and oxygen atoms in total. The molecule has 0 amide bonds. The second-order valence-electron chi connectivity index (χ2n) is 6.42. The summed E-state index contributed by atoms with van der Waals surface area (Å²) >= 11 is 8.25. The van der Waals surface area contributed by atoms with E-state index in [4.69, 9.17) is 16.3 Å². The number of ether oxygens (including phenoxy) is 1. The Balaban J connectivity index is 1.48. The molecular formula is C18H23ClN4OS. The number of hydrogen-bond donors (Lipinski definition) is 1. The van der Waals surface area contributed by atoms with E-state index >= 15 is 0 Å². The Morgan fingerprint density at radius 3 is 2.92 bits per heavy atom. The maximum atomic E-state index is 6.45. The van der Waals surface area contributed by atoms with E-state index in [1.54, 1.807) is 11.3 Å². The maximum absolute atomic E-state index is 6.45. The number of piperazine rings is 1. The van der Waals surface area contributed by atoms with Crippen LogP contribution in [-0.4, -0.2) is 55.8 Å². The Labute approximate surface area is 157 Å². The van der Waals surface area contributed by atoms with E-state index in [0.29, 0.717) is 6.04 Å². The number of anilines is 1. The summed E-state index contributed by atoms with van der Waals surface area (Å²) in [6.07, 6.45) is 2.03. The van der Waals surface area contributed by atoms with Crippen LogP contribution in [0.15, 0.2) is 30.5 Å². The van der Waals surface area contributed by atoms with Crippen molar-refractivity contribution >= 4 is 28.1 Å². The topological polar surface area (TPSA) is 40.6 Å². The number of rotatable bonds is 4. The Hall–Kier alpha value is -1.18. The third kappa shape index (κ3) is 3.99. The fourth-order valence-electron chi connectivity index (χ4n) is 3.46. The van der Waals surface area contributed by atoms with Crippen LogP contribution in [0.2, 0.25) is 5.02 Å². The normalized spacial score (nSPS) is 22.3. The zero-order chi connectivity index (χ0) is 17.1. The van der Waals surface area contributed by atoms with Crippen molar-refractivity contribution in [1.29, 1.82) is 0 Å². The highest BCUT2D eigenvalue weighted by Gasteiger charge is 2.26. The lowest BCUT2D eigenvalue weighted by atomic mass is 10.0. The molecule has 25 heavy (non-hydrogen) atoms. The summed E-state index contributed by atoms with van der Waals surface area (Å²) in [6, 6.07) is 8.48. The van der Waals surface area contributed by atoms with Gasteiger partial charge >= 0.3 is 0 Å². The van der Waals surface area contributed by atoms with E-state index in [1.165, 1.54) is 10.4 Å². The van der Waals surface area contributed by atoms with Gasteiger partial charge in [0.1, 0.15) is 0 Å². The van der Waals surface area contributed by atoms with Crippen LogP contribution in [0.5, 0.6) is 0 Å². The Morgan fingerprint density at radius 1 is 1.24 bits per heavy atom. The van der Waals surface area contributed by atoms with Crippen molar-refractivity contribution in [2.45, 2.75) is 12.6 Å². The molecule has 1 atom stereocenters. The van der Waals surface area contributed by atoms with Gasteiger partial charge in [-0.05, 0) is 11.6 Å². The van der Waals surface area contributed by atoms with Crippen molar-refractivity contribution < 1.29 is 4.74 Å². The molecule has 0 spiro atoms. The highest BCUT2D eigenvalue weighted by Crippen LogP contribution is 2.31. The Morgan fingerprint density at radius 2 is 2.08 bits per heavy atom. The number of nitrogens with one attached hydrogen (secondary N) is 1. The molecule has 2 aromatic rings. The lowest BCUT2D eigenvalue weighted by Gasteiger charge is -2.36. The van der Waals surface area contributed by atoms with Gasteiger partial charge in [0.25, 0.3) is 0 Å². The molecule has 1 aromatic carbocycles. The largest absolute Gasteiger partial charge is 0.378 e. The first-order chi connectivity index (χ1) is 12.3. The van der Waals surface area contributed by atoms with Crippen molar-refractivity contribution in [2.24, 2.45) is 0 Å². The zero-order valence-corrected chi connectivity index (χ0v) is 15.7. The summed E-state index contributed by atoms with van der Waals surface area (Å²) < 4.78 is 5.43. The van der Waals surface area contributed by atoms with Gasteiger partial charge in [-0.15, -0.1) is 11.3 Å². The molecule has 1 unspecified atom stereocenters. The standard InChI is InChI=1S/C18H23ClN4OS/c19-16-4-2-1-3-15(16)17-12-20-5-6-23(17)13-14-11-21-18(25-14)22-7-9-24-10-8-22/h1-4,11,17,20H,5-10,12-13H2. The lowest BCUT2D eigenvalue weighted by Crippen LogP contribution is -2.45. The van der Waals surface area contributed by atoms with Gasteiger partial charge < -0.3 is 15.0 Å². The van der Waals surface area contributed by atoms with Crippen molar-refractivity contribution in [3.63, 3.8) is 0 Å². The fraction of sp³-hybridized carbons (Fsp3) is 0.500. The maximum Gasteiger partial charge on any atom is 0.185 e. The molecule has 0 bridgehead atoms. The first-order valence-electron chi connectivity index (χ1n) is 8.78. The van der Waals surface area contributed by atoms with Gasteiger partial charge in [-0.1, -0.05) is 29.8 Å². The van der Waals surface area contributed by atoms with Crippen LogP contribution in [0.25, 0.3) is 0 Å². The van der Waals surface area contributed by atoms with Crippen LogP contribution < -0.4 is 10.2 Å². The molecule has 1 aromatic heterocycles. The predicted octanol–water partition coefficient (Wildman–Crippen LogP) is 2.78.